The van der Waals surface area contributed by atoms with Gasteiger partial charge in [0.25, 0.3) is 5.91 Å². The Morgan fingerprint density at radius 1 is 1.24 bits per heavy atom. The monoisotopic (exact) mass is 387 g/mol. The van der Waals surface area contributed by atoms with Crippen LogP contribution < -0.4 is 10.1 Å². The molecule has 2 aromatic carbocycles. The maximum absolute atomic E-state index is 12.2. The van der Waals surface area contributed by atoms with Crippen molar-refractivity contribution in [1.29, 1.82) is 0 Å². The first-order valence-corrected chi connectivity index (χ1v) is 7.62. The van der Waals surface area contributed by atoms with Crippen molar-refractivity contribution in [2.24, 2.45) is 0 Å². The molecule has 0 aliphatic heterocycles. The van der Waals surface area contributed by atoms with Crippen molar-refractivity contribution in [3.05, 3.63) is 62.0 Å². The van der Waals surface area contributed by atoms with Crippen molar-refractivity contribution in [3.8, 4) is 5.75 Å². The van der Waals surface area contributed by atoms with Crippen molar-refractivity contribution in [1.82, 2.24) is 5.32 Å². The summed E-state index contributed by atoms with van der Waals surface area (Å²) in [7, 11) is 1.56. The van der Waals surface area contributed by atoms with E-state index in [0.717, 1.165) is 10.0 Å². The fourth-order valence-electron chi connectivity index (χ4n) is 1.84. The molecule has 0 atom stereocenters. The van der Waals surface area contributed by atoms with Gasteiger partial charge in [0, 0.05) is 21.6 Å². The maximum atomic E-state index is 12.2. The molecular weight excluding hydrogens is 377 g/mol. The third-order valence-corrected chi connectivity index (χ3v) is 4.07. The molecule has 6 heteroatoms. The fraction of sp³-hybridized carbons (Fsp3) is 0.133. The summed E-state index contributed by atoms with van der Waals surface area (Å²) in [5.74, 6) is 0.353. The van der Waals surface area contributed by atoms with Crippen LogP contribution in [0, 0.1) is 0 Å². The quantitative estimate of drug-likeness (QED) is 0.824. The van der Waals surface area contributed by atoms with Crippen LogP contribution in [0.5, 0.6) is 5.75 Å². The summed E-state index contributed by atoms with van der Waals surface area (Å²) in [6.07, 6.45) is 0. The number of halogens is 3. The van der Waals surface area contributed by atoms with Crippen LogP contribution >= 0.6 is 39.1 Å². The lowest BCUT2D eigenvalue weighted by atomic mass is 10.1. The van der Waals surface area contributed by atoms with Gasteiger partial charge in [-0.3, -0.25) is 4.79 Å². The van der Waals surface area contributed by atoms with Gasteiger partial charge in [-0.1, -0.05) is 45.2 Å². The average molecular weight is 389 g/mol. The number of rotatable bonds is 4. The lowest BCUT2D eigenvalue weighted by molar-refractivity contribution is 0.0951. The van der Waals surface area contributed by atoms with Gasteiger partial charge in [-0.15, -0.1) is 0 Å². The number of carbonyl (C=O) groups is 1. The molecule has 0 saturated heterocycles. The van der Waals surface area contributed by atoms with Crippen LogP contribution in [-0.2, 0) is 6.54 Å². The Hall–Kier alpha value is -1.23. The summed E-state index contributed by atoms with van der Waals surface area (Å²) in [5.41, 5.74) is 1.12. The summed E-state index contributed by atoms with van der Waals surface area (Å²) in [6, 6.07) is 10.4. The third-order valence-electron chi connectivity index (χ3n) is 2.89. The number of ether oxygens (including phenoxy) is 1. The van der Waals surface area contributed by atoms with Crippen molar-refractivity contribution >= 4 is 45.0 Å². The smallest absolute Gasteiger partial charge is 0.253 e. The molecule has 0 aromatic heterocycles. The first-order valence-electron chi connectivity index (χ1n) is 6.07. The molecule has 21 heavy (non-hydrogen) atoms. The van der Waals surface area contributed by atoms with Crippen LogP contribution in [0.25, 0.3) is 0 Å². The fourth-order valence-corrected chi connectivity index (χ4v) is 2.63. The van der Waals surface area contributed by atoms with E-state index in [1.165, 1.54) is 0 Å². The van der Waals surface area contributed by atoms with E-state index in [2.05, 4.69) is 21.2 Å². The molecular formula is C15H12BrCl2NO2. The summed E-state index contributed by atoms with van der Waals surface area (Å²) in [5, 5.41) is 3.72. The second kappa shape index (κ2) is 7.16. The highest BCUT2D eigenvalue weighted by molar-refractivity contribution is 9.10. The van der Waals surface area contributed by atoms with Crippen molar-refractivity contribution in [3.63, 3.8) is 0 Å². The Morgan fingerprint density at radius 3 is 2.71 bits per heavy atom. The third kappa shape index (κ3) is 3.90. The van der Waals surface area contributed by atoms with Gasteiger partial charge in [0.1, 0.15) is 5.75 Å². The standard InChI is InChI=1S/C15H12BrCl2NO2/c1-21-14-4-2-3-12(17)11(14)8-19-15(20)10-7-9(16)5-6-13(10)18/h2-7H,8H2,1H3,(H,19,20). The molecule has 0 aliphatic carbocycles. The Balaban J connectivity index is 2.17. The zero-order valence-corrected chi connectivity index (χ0v) is 14.2. The van der Waals surface area contributed by atoms with Crippen molar-refractivity contribution < 1.29 is 9.53 Å². The van der Waals surface area contributed by atoms with E-state index in [-0.39, 0.29) is 12.5 Å². The molecule has 1 N–H and O–H groups in total. The molecule has 0 aliphatic rings. The molecule has 0 heterocycles. The molecule has 110 valence electrons. The number of carbonyl (C=O) groups excluding carboxylic acids is 1. The lowest BCUT2D eigenvalue weighted by Gasteiger charge is -2.12. The predicted octanol–water partition coefficient (Wildman–Crippen LogP) is 4.69. The Bertz CT molecular complexity index is 677. The van der Waals surface area contributed by atoms with Crippen molar-refractivity contribution in [2.45, 2.75) is 6.54 Å². The Morgan fingerprint density at radius 2 is 2.00 bits per heavy atom. The van der Waals surface area contributed by atoms with Crippen LogP contribution in [0.15, 0.2) is 40.9 Å². The Kier molecular flexibility index (Phi) is 5.51. The van der Waals surface area contributed by atoms with E-state index in [4.69, 9.17) is 27.9 Å². The molecule has 0 spiro atoms. The predicted molar refractivity (Wildman–Crippen MR) is 88.3 cm³/mol. The van der Waals surface area contributed by atoms with Gasteiger partial charge in [0.05, 0.1) is 17.7 Å². The molecule has 3 nitrogen and oxygen atoms in total. The number of nitrogens with one attached hydrogen (secondary N) is 1. The lowest BCUT2D eigenvalue weighted by Crippen LogP contribution is -2.23. The highest BCUT2D eigenvalue weighted by Gasteiger charge is 2.13. The first kappa shape index (κ1) is 16.1. The minimum atomic E-state index is -0.275. The van der Waals surface area contributed by atoms with E-state index < -0.39 is 0 Å². The SMILES string of the molecule is COc1cccc(Cl)c1CNC(=O)c1cc(Br)ccc1Cl. The first-order chi connectivity index (χ1) is 10.0. The van der Waals surface area contributed by atoms with Crippen LogP contribution in [0.1, 0.15) is 15.9 Å². The summed E-state index contributed by atoms with van der Waals surface area (Å²) in [6.45, 7) is 0.254. The van der Waals surface area contributed by atoms with Gasteiger partial charge in [-0.2, -0.15) is 0 Å². The molecule has 0 saturated carbocycles. The van der Waals surface area contributed by atoms with Gasteiger partial charge < -0.3 is 10.1 Å². The van der Waals surface area contributed by atoms with Gasteiger partial charge in [0.15, 0.2) is 0 Å². The normalized spacial score (nSPS) is 10.3. The van der Waals surface area contributed by atoms with E-state index >= 15 is 0 Å². The highest BCUT2D eigenvalue weighted by atomic mass is 79.9. The van der Waals surface area contributed by atoms with Gasteiger partial charge in [-0.05, 0) is 30.3 Å². The van der Waals surface area contributed by atoms with E-state index in [1.54, 1.807) is 43.5 Å². The van der Waals surface area contributed by atoms with Crippen LogP contribution in [0.2, 0.25) is 10.0 Å². The van der Waals surface area contributed by atoms with Gasteiger partial charge >= 0.3 is 0 Å². The van der Waals surface area contributed by atoms with E-state index in [9.17, 15) is 4.79 Å². The largest absolute Gasteiger partial charge is 0.496 e. The van der Waals surface area contributed by atoms with E-state index in [0.29, 0.717) is 21.4 Å². The van der Waals surface area contributed by atoms with Crippen LogP contribution in [-0.4, -0.2) is 13.0 Å². The topological polar surface area (TPSA) is 38.3 Å². The molecule has 0 radical (unpaired) electrons. The molecule has 2 aromatic rings. The van der Waals surface area contributed by atoms with Crippen LogP contribution in [0.3, 0.4) is 0 Å². The number of methoxy groups -OCH3 is 1. The number of amides is 1. The van der Waals surface area contributed by atoms with E-state index in [1.807, 2.05) is 0 Å². The summed E-state index contributed by atoms with van der Waals surface area (Å²) in [4.78, 5) is 12.2. The minimum Gasteiger partial charge on any atom is -0.496 e. The minimum absolute atomic E-state index is 0.254. The average Bonchev–Trinajstić information content (AvgIpc) is 2.47. The second-order valence-corrected chi connectivity index (χ2v) is 5.96. The van der Waals surface area contributed by atoms with Gasteiger partial charge in [-0.25, -0.2) is 0 Å². The number of hydrogen-bond acceptors (Lipinski definition) is 2. The Labute approximate surface area is 141 Å². The van der Waals surface area contributed by atoms with Crippen molar-refractivity contribution in [2.75, 3.05) is 7.11 Å². The summed E-state index contributed by atoms with van der Waals surface area (Å²) >= 11 is 15.5. The zero-order chi connectivity index (χ0) is 15.4. The second-order valence-electron chi connectivity index (χ2n) is 4.23. The molecule has 0 fully saturated rings. The highest BCUT2D eigenvalue weighted by Crippen LogP contribution is 2.26. The molecule has 0 bridgehead atoms. The molecule has 0 unspecified atom stereocenters. The number of benzene rings is 2. The van der Waals surface area contributed by atoms with Crippen LogP contribution in [0.4, 0.5) is 0 Å². The molecule has 1 amide bonds. The van der Waals surface area contributed by atoms with Gasteiger partial charge in [0.2, 0.25) is 0 Å². The zero-order valence-electron chi connectivity index (χ0n) is 11.1. The molecule has 2 rings (SSSR count). The number of hydrogen-bond donors (Lipinski definition) is 1. The summed E-state index contributed by atoms with van der Waals surface area (Å²) < 4.78 is 6.02. The maximum Gasteiger partial charge on any atom is 0.253 e.